The fraction of sp³-hybridized carbons (Fsp3) is 0.680. The van der Waals surface area contributed by atoms with Crippen LogP contribution in [0.3, 0.4) is 0 Å². The van der Waals surface area contributed by atoms with E-state index in [0.29, 0.717) is 24.8 Å². The van der Waals surface area contributed by atoms with Crippen molar-refractivity contribution in [3.05, 3.63) is 23.3 Å². The van der Waals surface area contributed by atoms with Crippen molar-refractivity contribution in [2.45, 2.75) is 84.1 Å². The number of hydrogen-bond donors (Lipinski definition) is 0. The molecule has 3 heterocycles. The Morgan fingerprint density at radius 1 is 1.03 bits per heavy atom. The third-order valence-corrected chi connectivity index (χ3v) is 7.26. The van der Waals surface area contributed by atoms with Crippen LogP contribution in [0, 0.1) is 5.92 Å². The molecule has 0 amide bonds. The van der Waals surface area contributed by atoms with Crippen LogP contribution in [0.25, 0.3) is 0 Å². The Morgan fingerprint density at radius 3 is 2.30 bits per heavy atom. The van der Waals surface area contributed by atoms with E-state index in [9.17, 15) is 0 Å². The fourth-order valence-corrected chi connectivity index (χ4v) is 4.60. The van der Waals surface area contributed by atoms with Gasteiger partial charge in [0.15, 0.2) is 0 Å². The van der Waals surface area contributed by atoms with E-state index in [2.05, 4.69) is 53.7 Å². The first-order chi connectivity index (χ1) is 15.6. The van der Waals surface area contributed by atoms with E-state index in [1.165, 1.54) is 11.1 Å². The topological polar surface area (TPSA) is 70.9 Å². The molecule has 180 valence electrons. The van der Waals surface area contributed by atoms with Gasteiger partial charge < -0.3 is 23.5 Å². The molecule has 0 radical (unpaired) electrons. The van der Waals surface area contributed by atoms with Gasteiger partial charge in [-0.05, 0) is 57.6 Å². The number of aliphatic imine (C=N–C) groups is 2. The number of rotatable bonds is 4. The van der Waals surface area contributed by atoms with E-state index in [0.717, 1.165) is 24.1 Å². The fourth-order valence-electron chi connectivity index (χ4n) is 4.60. The normalized spacial score (nSPS) is 25.8. The van der Waals surface area contributed by atoms with E-state index < -0.39 is 18.3 Å². The maximum absolute atomic E-state index is 6.32. The molecule has 1 fully saturated rings. The van der Waals surface area contributed by atoms with Gasteiger partial charge in [-0.2, -0.15) is 0 Å². The van der Waals surface area contributed by atoms with E-state index in [-0.39, 0.29) is 18.0 Å². The number of ether oxygens (including phenoxy) is 3. The first-order valence-electron chi connectivity index (χ1n) is 11.9. The number of hydrogen-bond acceptors (Lipinski definition) is 7. The van der Waals surface area contributed by atoms with Crippen molar-refractivity contribution in [1.29, 1.82) is 0 Å². The van der Waals surface area contributed by atoms with Gasteiger partial charge in [-0.15, -0.1) is 0 Å². The SMILES string of the molecule is COC1=NC(C(C)C)C(OC)=NC1Cc1ccc(B2OC(C)(C)C(C)(C)O2)c2c1CCCO2. The predicted octanol–water partition coefficient (Wildman–Crippen LogP) is 3.35. The van der Waals surface area contributed by atoms with E-state index in [1.807, 2.05) is 0 Å². The average Bonchev–Trinajstić information content (AvgIpc) is 3.00. The maximum atomic E-state index is 6.32. The van der Waals surface area contributed by atoms with Gasteiger partial charge >= 0.3 is 7.12 Å². The average molecular weight is 456 g/mol. The highest BCUT2D eigenvalue weighted by Crippen LogP contribution is 2.38. The standard InChI is InChI=1S/C25H37BN2O5/c1-15(2)20-23(30-8)27-19(22(28-20)29-7)14-16-11-12-18(21-17(16)10-9-13-31-21)26-32-24(3,4)25(5,6)33-26/h11-12,15,19-20H,9-10,13-14H2,1-8H3. The lowest BCUT2D eigenvalue weighted by molar-refractivity contribution is 0.00578. The molecule has 4 rings (SSSR count). The summed E-state index contributed by atoms with van der Waals surface area (Å²) in [4.78, 5) is 9.71. The highest BCUT2D eigenvalue weighted by atomic mass is 16.7. The Bertz CT molecular complexity index is 940. The summed E-state index contributed by atoms with van der Waals surface area (Å²) in [7, 11) is 2.87. The van der Waals surface area contributed by atoms with Crippen LogP contribution in [-0.2, 0) is 31.6 Å². The van der Waals surface area contributed by atoms with E-state index in [1.54, 1.807) is 14.2 Å². The second-order valence-corrected chi connectivity index (χ2v) is 10.4. The molecule has 33 heavy (non-hydrogen) atoms. The highest BCUT2D eigenvalue weighted by Gasteiger charge is 2.52. The molecule has 0 saturated carbocycles. The van der Waals surface area contributed by atoms with Gasteiger partial charge in [-0.25, -0.2) is 9.98 Å². The second-order valence-electron chi connectivity index (χ2n) is 10.4. The molecule has 0 bridgehead atoms. The zero-order valence-electron chi connectivity index (χ0n) is 21.2. The lowest BCUT2D eigenvalue weighted by Gasteiger charge is -2.32. The first kappa shape index (κ1) is 24.1. The summed E-state index contributed by atoms with van der Waals surface area (Å²) in [5, 5.41) is 0. The van der Waals surface area contributed by atoms with Crippen LogP contribution in [0.2, 0.25) is 0 Å². The summed E-state index contributed by atoms with van der Waals surface area (Å²) in [6, 6.07) is 3.88. The molecular formula is C25H37BN2O5. The maximum Gasteiger partial charge on any atom is 0.498 e. The van der Waals surface area contributed by atoms with Crippen LogP contribution in [0.15, 0.2) is 22.1 Å². The molecule has 7 nitrogen and oxygen atoms in total. The van der Waals surface area contributed by atoms with Crippen LogP contribution in [0.4, 0.5) is 0 Å². The van der Waals surface area contributed by atoms with Gasteiger partial charge in [0, 0.05) is 11.9 Å². The number of fused-ring (bicyclic) bond motifs is 1. The molecule has 1 aromatic rings. The Kier molecular flexibility index (Phi) is 6.53. The van der Waals surface area contributed by atoms with Gasteiger partial charge in [-0.3, -0.25) is 0 Å². The molecule has 8 heteroatoms. The monoisotopic (exact) mass is 456 g/mol. The predicted molar refractivity (Wildman–Crippen MR) is 131 cm³/mol. The summed E-state index contributed by atoms with van der Waals surface area (Å²) < 4.78 is 30.1. The lowest BCUT2D eigenvalue weighted by Crippen LogP contribution is -2.41. The van der Waals surface area contributed by atoms with Crippen LogP contribution >= 0.6 is 0 Å². The smallest absolute Gasteiger partial charge is 0.494 e. The number of nitrogens with zero attached hydrogens (tertiary/aromatic N) is 2. The van der Waals surface area contributed by atoms with Gasteiger partial charge in [0.2, 0.25) is 11.8 Å². The van der Waals surface area contributed by atoms with Gasteiger partial charge in [0.25, 0.3) is 0 Å². The largest absolute Gasteiger partial charge is 0.498 e. The summed E-state index contributed by atoms with van der Waals surface area (Å²) in [6.45, 7) is 13.2. The minimum atomic E-state index is -0.452. The lowest BCUT2D eigenvalue weighted by atomic mass is 9.75. The zero-order chi connectivity index (χ0) is 24.0. The second kappa shape index (κ2) is 8.95. The quantitative estimate of drug-likeness (QED) is 0.650. The molecule has 0 aromatic heterocycles. The van der Waals surface area contributed by atoms with Crippen LogP contribution in [-0.4, -0.2) is 63.0 Å². The molecule has 0 spiro atoms. The highest BCUT2D eigenvalue weighted by molar-refractivity contribution is 6.63. The first-order valence-corrected chi connectivity index (χ1v) is 11.9. The van der Waals surface area contributed by atoms with Crippen molar-refractivity contribution >= 4 is 24.4 Å². The molecule has 3 aliphatic heterocycles. The van der Waals surface area contributed by atoms with Gasteiger partial charge in [0.05, 0.1) is 32.0 Å². The van der Waals surface area contributed by atoms with Crippen molar-refractivity contribution < 1.29 is 23.5 Å². The van der Waals surface area contributed by atoms with Crippen LogP contribution in [0.5, 0.6) is 5.75 Å². The molecule has 0 aliphatic carbocycles. The van der Waals surface area contributed by atoms with Crippen molar-refractivity contribution in [2.75, 3.05) is 20.8 Å². The third kappa shape index (κ3) is 4.39. The van der Waals surface area contributed by atoms with Crippen LogP contribution < -0.4 is 10.2 Å². The Hall–Kier alpha value is -2.06. The molecule has 1 aromatic carbocycles. The number of methoxy groups -OCH3 is 2. The summed E-state index contributed by atoms with van der Waals surface area (Å²) in [6.07, 6.45) is 2.59. The summed E-state index contributed by atoms with van der Waals surface area (Å²) in [5.41, 5.74) is 2.53. The molecule has 2 unspecified atom stereocenters. The minimum Gasteiger partial charge on any atom is -0.494 e. The Labute approximate surface area is 198 Å². The molecular weight excluding hydrogens is 419 g/mol. The molecule has 0 N–H and O–H groups in total. The summed E-state index contributed by atoms with van der Waals surface area (Å²) in [5.74, 6) is 2.47. The Balaban J connectivity index is 1.66. The number of benzene rings is 1. The third-order valence-electron chi connectivity index (χ3n) is 7.26. The van der Waals surface area contributed by atoms with Crippen molar-refractivity contribution in [2.24, 2.45) is 15.9 Å². The van der Waals surface area contributed by atoms with Gasteiger partial charge in [0.1, 0.15) is 17.8 Å². The van der Waals surface area contributed by atoms with Gasteiger partial charge in [-0.1, -0.05) is 26.0 Å². The van der Waals surface area contributed by atoms with Crippen molar-refractivity contribution in [3.8, 4) is 5.75 Å². The minimum absolute atomic E-state index is 0.121. The van der Waals surface area contributed by atoms with Crippen molar-refractivity contribution in [3.63, 3.8) is 0 Å². The van der Waals surface area contributed by atoms with Crippen molar-refractivity contribution in [1.82, 2.24) is 0 Å². The zero-order valence-corrected chi connectivity index (χ0v) is 21.2. The molecule has 1 saturated heterocycles. The molecule has 3 aliphatic rings. The van der Waals surface area contributed by atoms with E-state index >= 15 is 0 Å². The molecule has 2 atom stereocenters. The van der Waals surface area contributed by atoms with E-state index in [4.69, 9.17) is 33.5 Å². The van der Waals surface area contributed by atoms with Crippen LogP contribution in [0.1, 0.15) is 59.1 Å². The summed E-state index contributed by atoms with van der Waals surface area (Å²) >= 11 is 0. The Morgan fingerprint density at radius 2 is 1.70 bits per heavy atom.